The lowest BCUT2D eigenvalue weighted by Gasteiger charge is -2.10. The zero-order valence-corrected chi connectivity index (χ0v) is 12.7. The number of halogens is 1. The Labute approximate surface area is 126 Å². The summed E-state index contributed by atoms with van der Waals surface area (Å²) in [5.74, 6) is 0.522. The molecule has 0 aliphatic rings. The van der Waals surface area contributed by atoms with Crippen LogP contribution in [0.3, 0.4) is 0 Å². The molecular weight excluding hydrogens is 320 g/mol. The van der Waals surface area contributed by atoms with E-state index in [-0.39, 0.29) is 5.78 Å². The molecule has 2 rings (SSSR count). The van der Waals surface area contributed by atoms with Gasteiger partial charge in [-0.05, 0) is 24.3 Å². The van der Waals surface area contributed by atoms with E-state index in [9.17, 15) is 4.79 Å². The molecule has 104 valence electrons. The standard InChI is InChI=1S/C16H15BrO3/c1-19-9-10-20-15-8-3-2-7-14(15)16(18)12-5-4-6-13(17)11-12/h2-8,11H,9-10H2,1H3. The fourth-order valence-corrected chi connectivity index (χ4v) is 2.20. The average molecular weight is 335 g/mol. The van der Waals surface area contributed by atoms with E-state index in [4.69, 9.17) is 9.47 Å². The smallest absolute Gasteiger partial charge is 0.196 e. The van der Waals surface area contributed by atoms with Crippen molar-refractivity contribution in [1.82, 2.24) is 0 Å². The maximum absolute atomic E-state index is 12.5. The van der Waals surface area contributed by atoms with E-state index in [1.165, 1.54) is 0 Å². The molecule has 0 atom stereocenters. The largest absolute Gasteiger partial charge is 0.490 e. The summed E-state index contributed by atoms with van der Waals surface area (Å²) >= 11 is 3.37. The summed E-state index contributed by atoms with van der Waals surface area (Å²) in [6.07, 6.45) is 0. The third kappa shape index (κ3) is 3.68. The minimum Gasteiger partial charge on any atom is -0.490 e. The van der Waals surface area contributed by atoms with Gasteiger partial charge in [-0.1, -0.05) is 40.2 Å². The quantitative estimate of drug-likeness (QED) is 0.596. The molecule has 0 bridgehead atoms. The molecule has 20 heavy (non-hydrogen) atoms. The van der Waals surface area contributed by atoms with E-state index in [2.05, 4.69) is 15.9 Å². The molecule has 0 heterocycles. The van der Waals surface area contributed by atoms with Gasteiger partial charge in [0.2, 0.25) is 0 Å². The van der Waals surface area contributed by atoms with Gasteiger partial charge in [-0.3, -0.25) is 4.79 Å². The second-order valence-electron chi connectivity index (χ2n) is 4.18. The molecule has 2 aromatic carbocycles. The van der Waals surface area contributed by atoms with Crippen molar-refractivity contribution in [2.75, 3.05) is 20.3 Å². The van der Waals surface area contributed by atoms with Crippen LogP contribution in [0.5, 0.6) is 5.75 Å². The van der Waals surface area contributed by atoms with E-state index < -0.39 is 0 Å². The van der Waals surface area contributed by atoms with Crippen molar-refractivity contribution >= 4 is 21.7 Å². The maximum Gasteiger partial charge on any atom is 0.196 e. The van der Waals surface area contributed by atoms with Crippen LogP contribution in [-0.2, 0) is 4.74 Å². The molecule has 0 saturated carbocycles. The zero-order valence-electron chi connectivity index (χ0n) is 11.1. The van der Waals surface area contributed by atoms with Crippen molar-refractivity contribution in [2.24, 2.45) is 0 Å². The maximum atomic E-state index is 12.5. The number of para-hydroxylation sites is 1. The lowest BCUT2D eigenvalue weighted by molar-refractivity contribution is 0.103. The first-order valence-electron chi connectivity index (χ1n) is 6.23. The summed E-state index contributed by atoms with van der Waals surface area (Å²) in [4.78, 5) is 12.5. The van der Waals surface area contributed by atoms with E-state index in [0.29, 0.717) is 30.1 Å². The molecule has 0 fully saturated rings. The van der Waals surface area contributed by atoms with Crippen molar-refractivity contribution in [3.8, 4) is 5.75 Å². The van der Waals surface area contributed by atoms with E-state index >= 15 is 0 Å². The third-order valence-electron chi connectivity index (χ3n) is 2.76. The molecule has 4 heteroatoms. The predicted molar refractivity (Wildman–Crippen MR) is 81.4 cm³/mol. The molecule has 0 aliphatic heterocycles. The van der Waals surface area contributed by atoms with Crippen LogP contribution >= 0.6 is 15.9 Å². The number of carbonyl (C=O) groups is 1. The van der Waals surface area contributed by atoms with E-state index in [1.54, 1.807) is 31.4 Å². The fraction of sp³-hybridized carbons (Fsp3) is 0.188. The van der Waals surface area contributed by atoms with Crippen LogP contribution in [0.1, 0.15) is 15.9 Å². The monoisotopic (exact) mass is 334 g/mol. The number of benzene rings is 2. The number of ether oxygens (including phenoxy) is 2. The Bertz CT molecular complexity index is 596. The molecule has 0 aromatic heterocycles. The number of carbonyl (C=O) groups excluding carboxylic acids is 1. The molecule has 3 nitrogen and oxygen atoms in total. The topological polar surface area (TPSA) is 35.5 Å². The van der Waals surface area contributed by atoms with Gasteiger partial charge in [0.05, 0.1) is 12.2 Å². The number of methoxy groups -OCH3 is 1. The molecule has 0 aliphatic carbocycles. The Morgan fingerprint density at radius 1 is 1.10 bits per heavy atom. The summed E-state index contributed by atoms with van der Waals surface area (Å²) in [7, 11) is 1.61. The van der Waals surface area contributed by atoms with Crippen LogP contribution in [0.4, 0.5) is 0 Å². The van der Waals surface area contributed by atoms with Crippen molar-refractivity contribution in [2.45, 2.75) is 0 Å². The van der Waals surface area contributed by atoms with Gasteiger partial charge < -0.3 is 9.47 Å². The van der Waals surface area contributed by atoms with E-state index in [0.717, 1.165) is 4.47 Å². The molecule has 0 spiro atoms. The molecule has 0 radical (unpaired) electrons. The highest BCUT2D eigenvalue weighted by Crippen LogP contribution is 2.23. The SMILES string of the molecule is COCCOc1ccccc1C(=O)c1cccc(Br)c1. The summed E-state index contributed by atoms with van der Waals surface area (Å²) in [5, 5.41) is 0. The van der Waals surface area contributed by atoms with Gasteiger partial charge in [0.25, 0.3) is 0 Å². The fourth-order valence-electron chi connectivity index (χ4n) is 1.80. The Morgan fingerprint density at radius 2 is 1.90 bits per heavy atom. The number of rotatable bonds is 6. The number of hydrogen-bond acceptors (Lipinski definition) is 3. The average Bonchev–Trinajstić information content (AvgIpc) is 2.47. The normalized spacial score (nSPS) is 10.3. The predicted octanol–water partition coefficient (Wildman–Crippen LogP) is 3.71. The van der Waals surface area contributed by atoms with Crippen LogP contribution < -0.4 is 4.74 Å². The van der Waals surface area contributed by atoms with E-state index in [1.807, 2.05) is 24.3 Å². The number of ketones is 1. The van der Waals surface area contributed by atoms with Crippen LogP contribution in [0, 0.1) is 0 Å². The van der Waals surface area contributed by atoms with Gasteiger partial charge in [-0.2, -0.15) is 0 Å². The molecular formula is C16H15BrO3. The molecule has 0 N–H and O–H groups in total. The summed E-state index contributed by atoms with van der Waals surface area (Å²) in [6, 6.07) is 14.6. The minimum absolute atomic E-state index is 0.0562. The third-order valence-corrected chi connectivity index (χ3v) is 3.26. The Morgan fingerprint density at radius 3 is 2.65 bits per heavy atom. The molecule has 0 amide bonds. The van der Waals surface area contributed by atoms with Gasteiger partial charge in [0, 0.05) is 17.1 Å². The Hall–Kier alpha value is -1.65. The van der Waals surface area contributed by atoms with Crippen molar-refractivity contribution in [1.29, 1.82) is 0 Å². The highest BCUT2D eigenvalue weighted by atomic mass is 79.9. The van der Waals surface area contributed by atoms with Crippen LogP contribution in [0.2, 0.25) is 0 Å². The summed E-state index contributed by atoms with van der Waals surface area (Å²) in [6.45, 7) is 0.901. The first kappa shape index (κ1) is 14.8. The van der Waals surface area contributed by atoms with Crippen molar-refractivity contribution < 1.29 is 14.3 Å². The summed E-state index contributed by atoms with van der Waals surface area (Å²) in [5.41, 5.74) is 1.18. The molecule has 2 aromatic rings. The highest BCUT2D eigenvalue weighted by molar-refractivity contribution is 9.10. The Kier molecular flexibility index (Phi) is 5.32. The highest BCUT2D eigenvalue weighted by Gasteiger charge is 2.14. The lowest BCUT2D eigenvalue weighted by atomic mass is 10.0. The van der Waals surface area contributed by atoms with Gasteiger partial charge >= 0.3 is 0 Å². The Balaban J connectivity index is 2.25. The van der Waals surface area contributed by atoms with Gasteiger partial charge in [0.15, 0.2) is 5.78 Å². The summed E-state index contributed by atoms with van der Waals surface area (Å²) < 4.78 is 11.4. The van der Waals surface area contributed by atoms with Crippen LogP contribution in [0.15, 0.2) is 53.0 Å². The second kappa shape index (κ2) is 7.22. The van der Waals surface area contributed by atoms with Crippen molar-refractivity contribution in [3.63, 3.8) is 0 Å². The first-order valence-corrected chi connectivity index (χ1v) is 7.02. The van der Waals surface area contributed by atoms with Crippen LogP contribution in [0.25, 0.3) is 0 Å². The molecule has 0 saturated heterocycles. The molecule has 0 unspecified atom stereocenters. The minimum atomic E-state index is -0.0562. The second-order valence-corrected chi connectivity index (χ2v) is 5.09. The van der Waals surface area contributed by atoms with Gasteiger partial charge in [0.1, 0.15) is 12.4 Å². The zero-order chi connectivity index (χ0) is 14.4. The van der Waals surface area contributed by atoms with Crippen molar-refractivity contribution in [3.05, 3.63) is 64.1 Å². The lowest BCUT2D eigenvalue weighted by Crippen LogP contribution is -2.09. The first-order chi connectivity index (χ1) is 9.72. The van der Waals surface area contributed by atoms with Gasteiger partial charge in [-0.25, -0.2) is 0 Å². The van der Waals surface area contributed by atoms with Crippen LogP contribution in [-0.4, -0.2) is 26.1 Å². The number of hydrogen-bond donors (Lipinski definition) is 0. The van der Waals surface area contributed by atoms with Gasteiger partial charge in [-0.15, -0.1) is 0 Å².